The van der Waals surface area contributed by atoms with Crippen LogP contribution in [0.15, 0.2) is 0 Å². The van der Waals surface area contributed by atoms with Crippen molar-refractivity contribution in [2.24, 2.45) is 0 Å². The van der Waals surface area contributed by atoms with E-state index in [-0.39, 0.29) is 17.4 Å². The third-order valence-electron chi connectivity index (χ3n) is 0.535. The Morgan fingerprint density at radius 2 is 2.11 bits per heavy atom. The molecule has 0 bridgehead atoms. The summed E-state index contributed by atoms with van der Waals surface area (Å²) in [6.45, 7) is 3.43. The van der Waals surface area contributed by atoms with E-state index in [2.05, 4.69) is 4.52 Å². The van der Waals surface area contributed by atoms with Gasteiger partial charge in [0.15, 0.2) is 17.4 Å². The lowest BCUT2D eigenvalue weighted by Gasteiger charge is -2.02. The fourth-order valence-electron chi connectivity index (χ4n) is 0.261. The van der Waals surface area contributed by atoms with Crippen LogP contribution < -0.4 is 0 Å². The molecule has 1 atom stereocenters. The van der Waals surface area contributed by atoms with Crippen LogP contribution in [0.5, 0.6) is 0 Å². The van der Waals surface area contributed by atoms with E-state index in [0.717, 1.165) is 6.42 Å². The Bertz CT molecular complexity index is 100.0. The monoisotopic (exact) mass is 168 g/mol. The zero-order chi connectivity index (χ0) is 6.62. The zero-order valence-electron chi connectivity index (χ0n) is 5.13. The van der Waals surface area contributed by atoms with Crippen molar-refractivity contribution in [2.45, 2.75) is 13.3 Å². The standard InChI is InChI=1S/C4H11O3P.Al.3H/c1-3-4-7-8(2,5)6;;;;/h3-4H2,1-2H3,(H,5,6);;;;. The van der Waals surface area contributed by atoms with Crippen LogP contribution in [0.25, 0.3) is 0 Å². The summed E-state index contributed by atoms with van der Waals surface area (Å²) in [6, 6.07) is 0. The SMILES string of the molecule is CCCOP(C)(=O)O.[AlH3]. The maximum Gasteiger partial charge on any atom is 0.325 e. The molecule has 0 aliphatic heterocycles. The van der Waals surface area contributed by atoms with E-state index in [1.807, 2.05) is 6.92 Å². The molecule has 56 valence electrons. The molecule has 0 aromatic heterocycles. The molecular formula is C4H14AlO3P. The molecule has 0 aliphatic rings. The summed E-state index contributed by atoms with van der Waals surface area (Å²) in [7, 11) is -3.18. The Kier molecular flexibility index (Phi) is 7.51. The molecule has 0 aromatic rings. The Morgan fingerprint density at radius 3 is 2.22 bits per heavy atom. The molecule has 0 saturated carbocycles. The molecule has 1 N–H and O–H groups in total. The van der Waals surface area contributed by atoms with E-state index in [1.54, 1.807) is 0 Å². The lowest BCUT2D eigenvalue weighted by atomic mass is 10.5. The van der Waals surface area contributed by atoms with Crippen molar-refractivity contribution in [3.63, 3.8) is 0 Å². The lowest BCUT2D eigenvalue weighted by Crippen LogP contribution is -1.87. The first-order valence-electron chi connectivity index (χ1n) is 2.51. The second-order valence-electron chi connectivity index (χ2n) is 1.64. The largest absolute Gasteiger partial charge is 0.325 e. The zero-order valence-corrected chi connectivity index (χ0v) is 6.02. The third kappa shape index (κ3) is 12.0. The first-order valence-corrected chi connectivity index (χ1v) is 4.53. The molecule has 3 nitrogen and oxygen atoms in total. The van der Waals surface area contributed by atoms with Gasteiger partial charge in [-0.15, -0.1) is 0 Å². The van der Waals surface area contributed by atoms with E-state index in [0.29, 0.717) is 6.61 Å². The molecule has 0 rings (SSSR count). The molecule has 0 saturated heterocycles. The molecule has 0 heterocycles. The highest BCUT2D eigenvalue weighted by atomic mass is 31.2. The predicted molar refractivity (Wildman–Crippen MR) is 41.9 cm³/mol. The summed E-state index contributed by atoms with van der Waals surface area (Å²) in [5.41, 5.74) is 0. The second-order valence-corrected chi connectivity index (χ2v) is 3.50. The van der Waals surface area contributed by atoms with Crippen molar-refractivity contribution in [2.75, 3.05) is 13.3 Å². The highest BCUT2D eigenvalue weighted by Crippen LogP contribution is 2.36. The van der Waals surface area contributed by atoms with Gasteiger partial charge in [-0.3, -0.25) is 4.57 Å². The molecule has 0 fully saturated rings. The van der Waals surface area contributed by atoms with Gasteiger partial charge in [0.05, 0.1) is 6.61 Å². The van der Waals surface area contributed by atoms with E-state index < -0.39 is 7.60 Å². The maximum absolute atomic E-state index is 10.3. The molecule has 0 aliphatic carbocycles. The molecule has 9 heavy (non-hydrogen) atoms. The molecule has 1 unspecified atom stereocenters. The van der Waals surface area contributed by atoms with E-state index in [1.165, 1.54) is 6.66 Å². The van der Waals surface area contributed by atoms with Crippen LogP contribution in [-0.2, 0) is 9.09 Å². The second kappa shape index (κ2) is 5.47. The summed E-state index contributed by atoms with van der Waals surface area (Å²) >= 11 is 0. The van der Waals surface area contributed by atoms with Gasteiger partial charge < -0.3 is 9.42 Å². The van der Waals surface area contributed by atoms with Gasteiger partial charge in [0, 0.05) is 6.66 Å². The van der Waals surface area contributed by atoms with Crippen LogP contribution in [0.1, 0.15) is 13.3 Å². The highest BCUT2D eigenvalue weighted by molar-refractivity contribution is 7.51. The molecule has 0 amide bonds. The van der Waals surface area contributed by atoms with Gasteiger partial charge in [-0.05, 0) is 6.42 Å². The quantitative estimate of drug-likeness (QED) is 0.478. The van der Waals surface area contributed by atoms with Crippen molar-refractivity contribution >= 4 is 25.0 Å². The van der Waals surface area contributed by atoms with Gasteiger partial charge in [0.25, 0.3) is 0 Å². The topological polar surface area (TPSA) is 46.5 Å². The number of hydrogen-bond donors (Lipinski definition) is 1. The molecule has 0 spiro atoms. The first kappa shape index (κ1) is 12.4. The summed E-state index contributed by atoms with van der Waals surface area (Å²) in [4.78, 5) is 8.48. The van der Waals surface area contributed by atoms with Crippen LogP contribution in [-0.4, -0.2) is 35.5 Å². The number of hydrogen-bond acceptors (Lipinski definition) is 2. The fraction of sp³-hybridized carbons (Fsp3) is 1.00. The van der Waals surface area contributed by atoms with Crippen LogP contribution in [0.4, 0.5) is 0 Å². The van der Waals surface area contributed by atoms with Crippen LogP contribution in [0.3, 0.4) is 0 Å². The van der Waals surface area contributed by atoms with Crippen LogP contribution >= 0.6 is 7.60 Å². The molecule has 0 radical (unpaired) electrons. The van der Waals surface area contributed by atoms with Crippen LogP contribution in [0, 0.1) is 0 Å². The Morgan fingerprint density at radius 1 is 1.67 bits per heavy atom. The molecule has 0 aromatic carbocycles. The third-order valence-corrected chi connectivity index (χ3v) is 1.20. The van der Waals surface area contributed by atoms with E-state index in [4.69, 9.17) is 4.89 Å². The Labute approximate surface area is 66.1 Å². The normalized spacial score (nSPS) is 15.9. The maximum atomic E-state index is 10.3. The fourth-order valence-corrected chi connectivity index (χ4v) is 0.782. The summed E-state index contributed by atoms with van der Waals surface area (Å²) < 4.78 is 14.8. The lowest BCUT2D eigenvalue weighted by molar-refractivity contribution is 0.265. The van der Waals surface area contributed by atoms with Crippen molar-refractivity contribution in [1.82, 2.24) is 0 Å². The summed E-state index contributed by atoms with van der Waals surface area (Å²) in [6.07, 6.45) is 0.776. The van der Waals surface area contributed by atoms with Crippen molar-refractivity contribution in [3.8, 4) is 0 Å². The van der Waals surface area contributed by atoms with Gasteiger partial charge in [0.2, 0.25) is 0 Å². The van der Waals surface area contributed by atoms with E-state index >= 15 is 0 Å². The summed E-state index contributed by atoms with van der Waals surface area (Å²) in [5, 5.41) is 0. The predicted octanol–water partition coefficient (Wildman–Crippen LogP) is 0.0443. The average molecular weight is 168 g/mol. The minimum absolute atomic E-state index is 0. The first-order chi connectivity index (χ1) is 3.56. The highest BCUT2D eigenvalue weighted by Gasteiger charge is 2.06. The van der Waals surface area contributed by atoms with Crippen LogP contribution in [0.2, 0.25) is 0 Å². The van der Waals surface area contributed by atoms with Gasteiger partial charge >= 0.3 is 7.60 Å². The molecule has 5 heteroatoms. The van der Waals surface area contributed by atoms with E-state index in [9.17, 15) is 4.57 Å². The number of rotatable bonds is 3. The van der Waals surface area contributed by atoms with Gasteiger partial charge in [-0.25, -0.2) is 0 Å². The average Bonchev–Trinajstić information content (AvgIpc) is 1.59. The smallest absolute Gasteiger partial charge is 0.324 e. The van der Waals surface area contributed by atoms with Gasteiger partial charge in [0.1, 0.15) is 0 Å². The minimum atomic E-state index is -3.18. The van der Waals surface area contributed by atoms with Crippen molar-refractivity contribution < 1.29 is 14.0 Å². The van der Waals surface area contributed by atoms with Crippen molar-refractivity contribution in [1.29, 1.82) is 0 Å². The van der Waals surface area contributed by atoms with Gasteiger partial charge in [-0.1, -0.05) is 6.92 Å². The molecular weight excluding hydrogens is 154 g/mol. The Hall–Kier alpha value is 0.682. The Balaban J connectivity index is 0. The van der Waals surface area contributed by atoms with Crippen molar-refractivity contribution in [3.05, 3.63) is 0 Å². The summed E-state index contributed by atoms with van der Waals surface area (Å²) in [5.74, 6) is 0. The van der Waals surface area contributed by atoms with Gasteiger partial charge in [-0.2, -0.15) is 0 Å². The minimum Gasteiger partial charge on any atom is -0.324 e.